The molecule has 108 valence electrons. The van der Waals surface area contributed by atoms with E-state index in [0.29, 0.717) is 13.0 Å². The van der Waals surface area contributed by atoms with Crippen LogP contribution < -0.4 is 15.4 Å². The summed E-state index contributed by atoms with van der Waals surface area (Å²) in [4.78, 5) is 23.1. The quantitative estimate of drug-likeness (QED) is 0.781. The van der Waals surface area contributed by atoms with Crippen LogP contribution in [0, 0.1) is 0 Å². The Kier molecular flexibility index (Phi) is 3.83. The molecule has 0 spiro atoms. The highest BCUT2D eigenvalue weighted by atomic mass is 16.5. The minimum Gasteiger partial charge on any atom is -0.491 e. The zero-order chi connectivity index (χ0) is 14.8. The smallest absolute Gasteiger partial charge is 0.329 e. The maximum Gasteiger partial charge on any atom is 0.329 e. The summed E-state index contributed by atoms with van der Waals surface area (Å²) < 4.78 is 5.46. The van der Waals surface area contributed by atoms with Gasteiger partial charge in [-0.3, -0.25) is 0 Å². The molecule has 0 saturated carbocycles. The number of amides is 2. The van der Waals surface area contributed by atoms with Gasteiger partial charge in [0, 0.05) is 5.56 Å². The predicted molar refractivity (Wildman–Crippen MR) is 72.7 cm³/mol. The molecular weight excluding hydrogens is 260 g/mol. The number of para-hydroxylation sites is 1. The van der Waals surface area contributed by atoms with E-state index in [4.69, 9.17) is 9.84 Å². The lowest BCUT2D eigenvalue weighted by Gasteiger charge is -2.25. The van der Waals surface area contributed by atoms with Crippen molar-refractivity contribution in [3.05, 3.63) is 29.8 Å². The molecule has 0 saturated heterocycles. The third-order valence-electron chi connectivity index (χ3n) is 3.57. The SMILES string of the molecule is CCC(C)(NC(=O)NC1COc2ccccc21)C(=O)O. The van der Waals surface area contributed by atoms with Crippen molar-refractivity contribution < 1.29 is 19.4 Å². The van der Waals surface area contributed by atoms with E-state index in [-0.39, 0.29) is 6.04 Å². The van der Waals surface area contributed by atoms with Crippen molar-refractivity contribution in [3.63, 3.8) is 0 Å². The molecule has 0 fully saturated rings. The van der Waals surface area contributed by atoms with Crippen LogP contribution in [0.1, 0.15) is 31.9 Å². The van der Waals surface area contributed by atoms with Crippen molar-refractivity contribution in [1.29, 1.82) is 0 Å². The van der Waals surface area contributed by atoms with Crippen molar-refractivity contribution in [2.75, 3.05) is 6.61 Å². The van der Waals surface area contributed by atoms with E-state index >= 15 is 0 Å². The lowest BCUT2D eigenvalue weighted by atomic mass is 10.00. The van der Waals surface area contributed by atoms with Crippen LogP contribution in [0.4, 0.5) is 4.79 Å². The Bertz CT molecular complexity index is 532. The summed E-state index contributed by atoms with van der Waals surface area (Å²) in [6.07, 6.45) is 0.299. The van der Waals surface area contributed by atoms with E-state index in [1.54, 1.807) is 6.92 Å². The van der Waals surface area contributed by atoms with Gasteiger partial charge in [0.1, 0.15) is 17.9 Å². The molecule has 20 heavy (non-hydrogen) atoms. The number of urea groups is 1. The van der Waals surface area contributed by atoms with Crippen molar-refractivity contribution in [2.24, 2.45) is 0 Å². The van der Waals surface area contributed by atoms with Gasteiger partial charge >= 0.3 is 12.0 Å². The highest BCUT2D eigenvalue weighted by molar-refractivity contribution is 5.86. The van der Waals surface area contributed by atoms with Gasteiger partial charge in [0.15, 0.2) is 0 Å². The number of carboxylic acid groups (broad SMARTS) is 1. The molecule has 0 aromatic heterocycles. The maximum absolute atomic E-state index is 11.9. The largest absolute Gasteiger partial charge is 0.491 e. The summed E-state index contributed by atoms with van der Waals surface area (Å²) in [5, 5.41) is 14.4. The molecule has 2 atom stereocenters. The lowest BCUT2D eigenvalue weighted by molar-refractivity contribution is -0.143. The first-order chi connectivity index (χ1) is 9.46. The lowest BCUT2D eigenvalue weighted by Crippen LogP contribution is -2.55. The molecule has 1 aromatic carbocycles. The number of nitrogens with one attached hydrogen (secondary N) is 2. The molecule has 1 aliphatic rings. The number of hydrogen-bond donors (Lipinski definition) is 3. The summed E-state index contributed by atoms with van der Waals surface area (Å²) in [7, 11) is 0. The van der Waals surface area contributed by atoms with Gasteiger partial charge < -0.3 is 20.5 Å². The fourth-order valence-corrected chi connectivity index (χ4v) is 2.02. The zero-order valence-electron chi connectivity index (χ0n) is 11.5. The molecule has 2 amide bonds. The highest BCUT2D eigenvalue weighted by Gasteiger charge is 2.34. The third kappa shape index (κ3) is 2.68. The number of ether oxygens (including phenoxy) is 1. The van der Waals surface area contributed by atoms with E-state index in [0.717, 1.165) is 11.3 Å². The first-order valence-electron chi connectivity index (χ1n) is 6.50. The van der Waals surface area contributed by atoms with Crippen molar-refractivity contribution >= 4 is 12.0 Å². The number of carbonyl (C=O) groups is 2. The van der Waals surface area contributed by atoms with Crippen molar-refractivity contribution in [3.8, 4) is 5.75 Å². The van der Waals surface area contributed by atoms with Gasteiger partial charge in [0.25, 0.3) is 0 Å². The topological polar surface area (TPSA) is 87.7 Å². The maximum atomic E-state index is 11.9. The average Bonchev–Trinajstić information content (AvgIpc) is 2.82. The summed E-state index contributed by atoms with van der Waals surface area (Å²) in [5.41, 5.74) is -0.376. The van der Waals surface area contributed by atoms with E-state index in [2.05, 4.69) is 10.6 Å². The second-order valence-electron chi connectivity index (χ2n) is 4.99. The Labute approximate surface area is 117 Å². The second kappa shape index (κ2) is 5.40. The molecular formula is C14H18N2O4. The van der Waals surface area contributed by atoms with Crippen LogP contribution in [0.2, 0.25) is 0 Å². The standard InChI is InChI=1S/C14H18N2O4/c1-3-14(2,12(17)18)16-13(19)15-10-8-20-11-7-5-4-6-9(10)11/h4-7,10H,3,8H2,1-2H3,(H,17,18)(H2,15,16,19). The highest BCUT2D eigenvalue weighted by Crippen LogP contribution is 2.31. The monoisotopic (exact) mass is 278 g/mol. The molecule has 6 heteroatoms. The van der Waals surface area contributed by atoms with Gasteiger partial charge in [-0.25, -0.2) is 9.59 Å². The zero-order valence-corrected chi connectivity index (χ0v) is 11.5. The third-order valence-corrected chi connectivity index (χ3v) is 3.57. The van der Waals surface area contributed by atoms with Crippen LogP contribution in [0.15, 0.2) is 24.3 Å². The first kappa shape index (κ1) is 14.2. The summed E-state index contributed by atoms with van der Waals surface area (Å²) in [5.74, 6) is -0.312. The van der Waals surface area contributed by atoms with Crippen molar-refractivity contribution in [1.82, 2.24) is 10.6 Å². The average molecular weight is 278 g/mol. The van der Waals surface area contributed by atoms with Crippen LogP contribution in [0.25, 0.3) is 0 Å². The molecule has 2 unspecified atom stereocenters. The van der Waals surface area contributed by atoms with Gasteiger partial charge in [0.2, 0.25) is 0 Å². The van der Waals surface area contributed by atoms with E-state index < -0.39 is 17.5 Å². The number of fused-ring (bicyclic) bond motifs is 1. The van der Waals surface area contributed by atoms with Gasteiger partial charge in [-0.15, -0.1) is 0 Å². The van der Waals surface area contributed by atoms with Crippen LogP contribution in [0.5, 0.6) is 5.75 Å². The van der Waals surface area contributed by atoms with Crippen LogP contribution in [-0.4, -0.2) is 29.3 Å². The summed E-state index contributed by atoms with van der Waals surface area (Å²) in [6.45, 7) is 3.54. The van der Waals surface area contributed by atoms with Crippen LogP contribution in [0.3, 0.4) is 0 Å². The summed E-state index contributed by atoms with van der Waals surface area (Å²) in [6, 6.07) is 6.67. The molecule has 1 aromatic rings. The minimum atomic E-state index is -1.27. The normalized spacial score (nSPS) is 19.4. The van der Waals surface area contributed by atoms with E-state index in [1.807, 2.05) is 24.3 Å². The number of carboxylic acids is 1. The number of carbonyl (C=O) groups excluding carboxylic acids is 1. The minimum absolute atomic E-state index is 0.263. The van der Waals surface area contributed by atoms with E-state index in [1.165, 1.54) is 6.92 Å². The molecule has 2 rings (SSSR count). The molecule has 0 radical (unpaired) electrons. The molecule has 6 nitrogen and oxygen atoms in total. The van der Waals surface area contributed by atoms with Crippen LogP contribution >= 0.6 is 0 Å². The number of aliphatic carboxylic acids is 1. The predicted octanol–water partition coefficient (Wildman–Crippen LogP) is 1.67. The van der Waals surface area contributed by atoms with Gasteiger partial charge in [-0.05, 0) is 19.4 Å². The van der Waals surface area contributed by atoms with Crippen LogP contribution in [-0.2, 0) is 4.79 Å². The Morgan fingerprint density at radius 1 is 1.45 bits per heavy atom. The van der Waals surface area contributed by atoms with E-state index in [9.17, 15) is 9.59 Å². The fraction of sp³-hybridized carbons (Fsp3) is 0.429. The number of benzene rings is 1. The van der Waals surface area contributed by atoms with Crippen molar-refractivity contribution in [2.45, 2.75) is 31.8 Å². The Morgan fingerprint density at radius 2 is 2.15 bits per heavy atom. The summed E-state index contributed by atoms with van der Waals surface area (Å²) >= 11 is 0. The Balaban J connectivity index is 2.02. The Morgan fingerprint density at radius 3 is 2.80 bits per heavy atom. The van der Waals surface area contributed by atoms with Gasteiger partial charge in [-0.1, -0.05) is 25.1 Å². The number of hydrogen-bond acceptors (Lipinski definition) is 3. The second-order valence-corrected chi connectivity index (χ2v) is 4.99. The molecule has 1 heterocycles. The van der Waals surface area contributed by atoms with Gasteiger partial charge in [-0.2, -0.15) is 0 Å². The molecule has 0 bridgehead atoms. The molecule has 0 aliphatic carbocycles. The Hall–Kier alpha value is -2.24. The number of rotatable bonds is 4. The molecule has 1 aliphatic heterocycles. The first-order valence-corrected chi connectivity index (χ1v) is 6.50. The van der Waals surface area contributed by atoms with Gasteiger partial charge in [0.05, 0.1) is 6.04 Å². The fourth-order valence-electron chi connectivity index (χ4n) is 2.02. The molecule has 3 N–H and O–H groups in total.